The molecule has 0 unspecified atom stereocenters. The van der Waals surface area contributed by atoms with Crippen LogP contribution in [0.5, 0.6) is 0 Å². The van der Waals surface area contributed by atoms with Crippen LogP contribution in [-0.4, -0.2) is 23.1 Å². The van der Waals surface area contributed by atoms with Gasteiger partial charge in [0.2, 0.25) is 0 Å². The summed E-state index contributed by atoms with van der Waals surface area (Å²) in [6.07, 6.45) is 3.36. The minimum Gasteiger partial charge on any atom is -0.311 e. The zero-order valence-electron chi connectivity index (χ0n) is 33.7. The van der Waals surface area contributed by atoms with E-state index in [1.807, 2.05) is 84.9 Å². The Morgan fingerprint density at radius 3 is 0.841 bits per heavy atom. The molecule has 0 fully saturated rings. The average Bonchev–Trinajstić information content (AvgIpc) is 3.72. The molecule has 63 heavy (non-hydrogen) atoms. The molecule has 10 rings (SSSR count). The van der Waals surface area contributed by atoms with E-state index in [0.717, 1.165) is 55.0 Å². The maximum atomic E-state index is 13.0. The van der Waals surface area contributed by atoms with Crippen LogP contribution >= 0.6 is 11.8 Å². The summed E-state index contributed by atoms with van der Waals surface area (Å²) in [5, 5.41) is 0. The highest BCUT2D eigenvalue weighted by molar-refractivity contribution is 7.99. The van der Waals surface area contributed by atoms with Gasteiger partial charge in [0.05, 0.1) is 11.1 Å². The van der Waals surface area contributed by atoms with Crippen LogP contribution in [0.25, 0.3) is 12.2 Å². The van der Waals surface area contributed by atoms with E-state index in [4.69, 9.17) is 0 Å². The number of para-hydroxylation sites is 2. The third kappa shape index (κ3) is 7.63. The molecule has 0 spiro atoms. The maximum Gasteiger partial charge on any atom is 0.197 e. The zero-order valence-corrected chi connectivity index (χ0v) is 34.5. The fraction of sp³-hybridized carbons (Fsp3) is 0. The second-order valence-electron chi connectivity index (χ2n) is 15.1. The van der Waals surface area contributed by atoms with Crippen molar-refractivity contribution in [2.75, 3.05) is 9.80 Å². The minimum atomic E-state index is -0.239. The SMILES string of the molecule is O=C1C(=Cc2ccc(N(c3ccccc3)c3ccc(Sc4ccc(N(c5ccccc5)c5ccc(C=C6C(=O)c7ccccc7C6=O)cc5)cc4)cc3)cc2)C(=O)c2ccccc21. The van der Waals surface area contributed by atoms with E-state index in [2.05, 4.69) is 82.6 Å². The van der Waals surface area contributed by atoms with Crippen LogP contribution in [0.15, 0.2) is 227 Å². The van der Waals surface area contributed by atoms with Gasteiger partial charge < -0.3 is 9.80 Å². The van der Waals surface area contributed by atoms with Crippen LogP contribution in [-0.2, 0) is 0 Å². The molecule has 0 saturated carbocycles. The molecule has 0 amide bonds. The van der Waals surface area contributed by atoms with Gasteiger partial charge in [-0.25, -0.2) is 0 Å². The standard InChI is InChI=1S/C56H36N2O4S/c59-53-47-15-7-8-16-48(47)54(60)51(53)35-37-19-23-41(24-20-37)57(39-11-3-1-4-12-39)43-27-31-45(32-28-43)63-46-33-29-44(30-34-46)58(40-13-5-2-6-14-40)42-25-21-38(22-26-42)36-52-55(61)49-17-9-10-18-50(49)56(52)62/h1-36H. The number of nitrogens with zero attached hydrogens (tertiary/aromatic N) is 2. The van der Waals surface area contributed by atoms with Gasteiger partial charge in [0.1, 0.15) is 0 Å². The number of hydrogen-bond acceptors (Lipinski definition) is 7. The molecule has 0 radical (unpaired) electrons. The molecule has 6 nitrogen and oxygen atoms in total. The fourth-order valence-corrected chi connectivity index (χ4v) is 8.91. The van der Waals surface area contributed by atoms with E-state index in [0.29, 0.717) is 22.3 Å². The first-order chi connectivity index (χ1) is 30.9. The Kier molecular flexibility index (Phi) is 10.4. The first-order valence-corrected chi connectivity index (χ1v) is 21.3. The Morgan fingerprint density at radius 2 is 0.540 bits per heavy atom. The van der Waals surface area contributed by atoms with Crippen LogP contribution in [0.2, 0.25) is 0 Å². The van der Waals surface area contributed by atoms with E-state index in [-0.39, 0.29) is 34.3 Å². The van der Waals surface area contributed by atoms with E-state index >= 15 is 0 Å². The summed E-state index contributed by atoms with van der Waals surface area (Å²) in [6.45, 7) is 0. The highest BCUT2D eigenvalue weighted by atomic mass is 32.2. The van der Waals surface area contributed by atoms with Gasteiger partial charge in [0.15, 0.2) is 23.1 Å². The van der Waals surface area contributed by atoms with Crippen LogP contribution in [0.4, 0.5) is 34.1 Å². The number of carbonyl (C=O) groups excluding carboxylic acids is 4. The lowest BCUT2D eigenvalue weighted by Crippen LogP contribution is -2.09. The van der Waals surface area contributed by atoms with E-state index in [1.54, 1.807) is 72.4 Å². The smallest absolute Gasteiger partial charge is 0.197 e. The number of rotatable bonds is 10. The Hall–Kier alpha value is -8.13. The highest BCUT2D eigenvalue weighted by Crippen LogP contribution is 2.40. The van der Waals surface area contributed by atoms with Crippen molar-refractivity contribution < 1.29 is 19.2 Å². The molecule has 7 heteroatoms. The van der Waals surface area contributed by atoms with Gasteiger partial charge in [0.25, 0.3) is 0 Å². The molecule has 0 atom stereocenters. The quantitative estimate of drug-likeness (QED) is 0.100. The van der Waals surface area contributed by atoms with Gasteiger partial charge >= 0.3 is 0 Å². The average molecular weight is 833 g/mol. The third-order valence-corrected chi connectivity index (χ3v) is 12.2. The van der Waals surface area contributed by atoms with Gasteiger partial charge in [-0.05, 0) is 120 Å². The Morgan fingerprint density at radius 1 is 0.286 bits per heavy atom. The lowest BCUT2D eigenvalue weighted by atomic mass is 10.1. The van der Waals surface area contributed by atoms with Crippen LogP contribution in [0.3, 0.4) is 0 Å². The molecule has 2 aliphatic rings. The van der Waals surface area contributed by atoms with Crippen LogP contribution < -0.4 is 9.80 Å². The summed E-state index contributed by atoms with van der Waals surface area (Å²) in [7, 11) is 0. The summed E-state index contributed by atoms with van der Waals surface area (Å²) >= 11 is 1.68. The molecule has 0 heterocycles. The molecular weight excluding hydrogens is 797 g/mol. The monoisotopic (exact) mass is 832 g/mol. The summed E-state index contributed by atoms with van der Waals surface area (Å²) in [5.74, 6) is -0.956. The molecule has 300 valence electrons. The molecule has 0 saturated heterocycles. The summed E-state index contributed by atoms with van der Waals surface area (Å²) in [6, 6.07) is 66.9. The molecule has 0 bridgehead atoms. The topological polar surface area (TPSA) is 74.8 Å². The minimum absolute atomic E-state index is 0.186. The maximum absolute atomic E-state index is 13.0. The van der Waals surface area contributed by atoms with E-state index in [9.17, 15) is 19.2 Å². The molecule has 2 aliphatic carbocycles. The predicted octanol–water partition coefficient (Wildman–Crippen LogP) is 13.7. The largest absolute Gasteiger partial charge is 0.311 e. The molecule has 0 N–H and O–H groups in total. The van der Waals surface area contributed by atoms with Crippen molar-refractivity contribution in [1.82, 2.24) is 0 Å². The molecule has 8 aromatic rings. The second-order valence-corrected chi connectivity index (χ2v) is 16.3. The van der Waals surface area contributed by atoms with Crippen molar-refractivity contribution in [2.45, 2.75) is 9.79 Å². The number of ketones is 4. The van der Waals surface area contributed by atoms with E-state index in [1.165, 1.54) is 0 Å². The molecule has 8 aromatic carbocycles. The zero-order chi connectivity index (χ0) is 42.9. The van der Waals surface area contributed by atoms with Crippen molar-refractivity contribution in [2.24, 2.45) is 0 Å². The van der Waals surface area contributed by atoms with Crippen molar-refractivity contribution in [1.29, 1.82) is 0 Å². The summed E-state index contributed by atoms with van der Waals surface area (Å²) in [5.41, 5.74) is 9.56. The number of fused-ring (bicyclic) bond motifs is 2. The third-order valence-electron chi connectivity index (χ3n) is 11.2. The van der Waals surface area contributed by atoms with Gasteiger partial charge in [-0.2, -0.15) is 0 Å². The van der Waals surface area contributed by atoms with Gasteiger partial charge in [-0.15, -0.1) is 0 Å². The van der Waals surface area contributed by atoms with Gasteiger partial charge in [0, 0.05) is 66.2 Å². The molecule has 0 aliphatic heterocycles. The highest BCUT2D eigenvalue weighted by Gasteiger charge is 2.33. The Labute approximate surface area is 369 Å². The number of allylic oxidation sites excluding steroid dienone is 2. The number of anilines is 6. The Balaban J connectivity index is 0.868. The van der Waals surface area contributed by atoms with Crippen molar-refractivity contribution >= 4 is 81.2 Å². The van der Waals surface area contributed by atoms with Crippen molar-refractivity contribution in [3.05, 3.63) is 251 Å². The number of hydrogen-bond donors (Lipinski definition) is 0. The van der Waals surface area contributed by atoms with Crippen molar-refractivity contribution in [3.8, 4) is 0 Å². The predicted molar refractivity (Wildman–Crippen MR) is 253 cm³/mol. The number of benzene rings is 8. The van der Waals surface area contributed by atoms with Crippen LogP contribution in [0.1, 0.15) is 52.6 Å². The fourth-order valence-electron chi connectivity index (χ4n) is 8.09. The summed E-state index contributed by atoms with van der Waals surface area (Å²) < 4.78 is 0. The normalized spacial score (nSPS) is 12.9. The molecular formula is C56H36N2O4S. The first-order valence-electron chi connectivity index (χ1n) is 20.5. The lowest BCUT2D eigenvalue weighted by Gasteiger charge is -2.26. The molecule has 0 aromatic heterocycles. The summed E-state index contributed by atoms with van der Waals surface area (Å²) in [4.78, 5) is 58.6. The first kappa shape index (κ1) is 39.0. The van der Waals surface area contributed by atoms with Gasteiger partial charge in [-0.3, -0.25) is 19.2 Å². The van der Waals surface area contributed by atoms with Crippen molar-refractivity contribution in [3.63, 3.8) is 0 Å². The second kappa shape index (κ2) is 16.7. The van der Waals surface area contributed by atoms with Crippen LogP contribution in [0, 0.1) is 0 Å². The lowest BCUT2D eigenvalue weighted by molar-refractivity contribution is 0.0975. The number of Topliss-reactive ketones (excluding diaryl/α,β-unsaturated/α-hetero) is 4. The number of carbonyl (C=O) groups is 4. The van der Waals surface area contributed by atoms with E-state index < -0.39 is 0 Å². The van der Waals surface area contributed by atoms with Gasteiger partial charge in [-0.1, -0.05) is 121 Å². The Bertz CT molecular complexity index is 2830.